The van der Waals surface area contributed by atoms with Gasteiger partial charge in [0.25, 0.3) is 0 Å². The second-order valence-electron chi connectivity index (χ2n) is 6.02. The van der Waals surface area contributed by atoms with Crippen LogP contribution in [0.4, 0.5) is 8.78 Å². The van der Waals surface area contributed by atoms with E-state index in [0.29, 0.717) is 12.1 Å². The molecule has 0 amide bonds. The first-order valence-electron chi connectivity index (χ1n) is 7.35. The Bertz CT molecular complexity index is 505. The molecule has 2 unspecified atom stereocenters. The van der Waals surface area contributed by atoms with E-state index in [2.05, 4.69) is 5.32 Å². The van der Waals surface area contributed by atoms with E-state index in [0.717, 1.165) is 31.7 Å². The largest absolute Gasteiger partial charge is 0.311 e. The highest BCUT2D eigenvalue weighted by atomic mass is 19.2. The summed E-state index contributed by atoms with van der Waals surface area (Å²) in [6.07, 6.45) is 5.15. The highest BCUT2D eigenvalue weighted by Gasteiger charge is 2.34. The standard InChI is InChI=1S/C16H19F2NO/c17-14-6-1-3-10(16(14)18)9-15(20)11-7-12-4-2-5-13(8-11)19-12/h1,3,6,11-13,19H,2,4-5,7-9H2. The number of piperidine rings is 2. The average Bonchev–Trinajstić information content (AvgIpc) is 2.43. The van der Waals surface area contributed by atoms with Crippen molar-refractivity contribution in [1.82, 2.24) is 5.32 Å². The second kappa shape index (κ2) is 5.60. The van der Waals surface area contributed by atoms with Crippen molar-refractivity contribution in [3.63, 3.8) is 0 Å². The molecule has 4 heteroatoms. The lowest BCUT2D eigenvalue weighted by atomic mass is 9.77. The van der Waals surface area contributed by atoms with Gasteiger partial charge >= 0.3 is 0 Å². The van der Waals surface area contributed by atoms with Crippen LogP contribution >= 0.6 is 0 Å². The van der Waals surface area contributed by atoms with Crippen LogP contribution in [0.15, 0.2) is 18.2 Å². The summed E-state index contributed by atoms with van der Waals surface area (Å²) in [6.45, 7) is 0. The van der Waals surface area contributed by atoms with E-state index in [1.165, 1.54) is 18.6 Å². The van der Waals surface area contributed by atoms with Gasteiger partial charge in [-0.3, -0.25) is 4.79 Å². The molecule has 2 bridgehead atoms. The molecule has 1 aromatic carbocycles. The van der Waals surface area contributed by atoms with Crippen LogP contribution in [0.1, 0.15) is 37.7 Å². The van der Waals surface area contributed by atoms with E-state index in [9.17, 15) is 13.6 Å². The zero-order chi connectivity index (χ0) is 14.1. The van der Waals surface area contributed by atoms with E-state index in [-0.39, 0.29) is 23.7 Å². The quantitative estimate of drug-likeness (QED) is 0.921. The summed E-state index contributed by atoms with van der Waals surface area (Å²) in [4.78, 5) is 12.3. The van der Waals surface area contributed by atoms with Crippen molar-refractivity contribution in [3.05, 3.63) is 35.4 Å². The Morgan fingerprint density at radius 3 is 2.60 bits per heavy atom. The van der Waals surface area contributed by atoms with Crippen LogP contribution < -0.4 is 5.32 Å². The number of fused-ring (bicyclic) bond motifs is 2. The molecule has 3 rings (SSSR count). The summed E-state index contributed by atoms with van der Waals surface area (Å²) >= 11 is 0. The van der Waals surface area contributed by atoms with Crippen molar-refractivity contribution in [2.75, 3.05) is 0 Å². The van der Waals surface area contributed by atoms with Crippen molar-refractivity contribution < 1.29 is 13.6 Å². The SMILES string of the molecule is O=C(Cc1cccc(F)c1F)C1CC2CCCC(C1)N2. The fourth-order valence-electron chi connectivity index (χ4n) is 3.55. The first-order valence-corrected chi connectivity index (χ1v) is 7.35. The Morgan fingerprint density at radius 2 is 1.90 bits per heavy atom. The van der Waals surface area contributed by atoms with Crippen molar-refractivity contribution in [1.29, 1.82) is 0 Å². The highest BCUT2D eigenvalue weighted by Crippen LogP contribution is 2.31. The fourth-order valence-corrected chi connectivity index (χ4v) is 3.55. The van der Waals surface area contributed by atoms with Crippen LogP contribution in [0.5, 0.6) is 0 Å². The van der Waals surface area contributed by atoms with Gasteiger partial charge < -0.3 is 5.32 Å². The van der Waals surface area contributed by atoms with Crippen LogP contribution in [-0.2, 0) is 11.2 Å². The zero-order valence-electron chi connectivity index (χ0n) is 11.4. The highest BCUT2D eigenvalue weighted by molar-refractivity contribution is 5.83. The lowest BCUT2D eigenvalue weighted by Gasteiger charge is -2.39. The molecular weight excluding hydrogens is 260 g/mol. The molecule has 1 aromatic rings. The maximum atomic E-state index is 13.6. The van der Waals surface area contributed by atoms with Crippen molar-refractivity contribution in [2.45, 2.75) is 50.6 Å². The fraction of sp³-hybridized carbons (Fsp3) is 0.562. The zero-order valence-corrected chi connectivity index (χ0v) is 11.4. The Balaban J connectivity index is 1.68. The molecule has 0 aromatic heterocycles. The van der Waals surface area contributed by atoms with Gasteiger partial charge in [0.05, 0.1) is 0 Å². The first-order chi connectivity index (χ1) is 9.63. The monoisotopic (exact) mass is 279 g/mol. The predicted octanol–water partition coefficient (Wildman–Crippen LogP) is 3.00. The van der Waals surface area contributed by atoms with Gasteiger partial charge in [0, 0.05) is 24.4 Å². The summed E-state index contributed by atoms with van der Waals surface area (Å²) in [5, 5.41) is 3.54. The number of rotatable bonds is 3. The Kier molecular flexibility index (Phi) is 3.83. The van der Waals surface area contributed by atoms with E-state index in [4.69, 9.17) is 0 Å². The molecule has 2 aliphatic rings. The molecular formula is C16H19F2NO. The van der Waals surface area contributed by atoms with E-state index < -0.39 is 11.6 Å². The number of ketones is 1. The lowest BCUT2D eigenvalue weighted by Crippen LogP contribution is -2.50. The van der Waals surface area contributed by atoms with Crippen molar-refractivity contribution >= 4 is 5.78 Å². The number of Topliss-reactive ketones (excluding diaryl/α,β-unsaturated/α-hetero) is 1. The van der Waals surface area contributed by atoms with Crippen LogP contribution in [0.25, 0.3) is 0 Å². The number of carbonyl (C=O) groups excluding carboxylic acids is 1. The Hall–Kier alpha value is -1.29. The van der Waals surface area contributed by atoms with Crippen molar-refractivity contribution in [3.8, 4) is 0 Å². The number of carbonyl (C=O) groups is 1. The molecule has 2 nitrogen and oxygen atoms in total. The van der Waals surface area contributed by atoms with Gasteiger partial charge in [-0.1, -0.05) is 18.6 Å². The average molecular weight is 279 g/mol. The van der Waals surface area contributed by atoms with Gasteiger partial charge in [-0.15, -0.1) is 0 Å². The normalized spacial score (nSPS) is 29.2. The lowest BCUT2D eigenvalue weighted by molar-refractivity contribution is -0.124. The van der Waals surface area contributed by atoms with Crippen molar-refractivity contribution in [2.24, 2.45) is 5.92 Å². The predicted molar refractivity (Wildman–Crippen MR) is 72.4 cm³/mol. The molecule has 0 saturated carbocycles. The van der Waals surface area contributed by atoms with E-state index >= 15 is 0 Å². The van der Waals surface area contributed by atoms with E-state index in [1.54, 1.807) is 0 Å². The number of halogens is 2. The summed E-state index contributed by atoms with van der Waals surface area (Å²) in [5.41, 5.74) is 0.179. The van der Waals surface area contributed by atoms with Gasteiger partial charge in [-0.2, -0.15) is 0 Å². The van der Waals surface area contributed by atoms with Crippen LogP contribution in [-0.4, -0.2) is 17.9 Å². The third-order valence-corrected chi connectivity index (χ3v) is 4.57. The topological polar surface area (TPSA) is 29.1 Å². The minimum Gasteiger partial charge on any atom is -0.311 e. The van der Waals surface area contributed by atoms with Crippen LogP contribution in [0, 0.1) is 17.6 Å². The molecule has 2 aliphatic heterocycles. The molecule has 0 spiro atoms. The maximum absolute atomic E-state index is 13.6. The summed E-state index contributed by atoms with van der Waals surface area (Å²) < 4.78 is 26.8. The smallest absolute Gasteiger partial charge is 0.162 e. The second-order valence-corrected chi connectivity index (χ2v) is 6.02. The first kappa shape index (κ1) is 13.7. The minimum absolute atomic E-state index is 0.00535. The number of hydrogen-bond acceptors (Lipinski definition) is 2. The molecule has 108 valence electrons. The molecule has 2 heterocycles. The number of nitrogens with one attached hydrogen (secondary N) is 1. The molecule has 2 fully saturated rings. The Labute approximate surface area is 117 Å². The molecule has 2 saturated heterocycles. The third-order valence-electron chi connectivity index (χ3n) is 4.57. The summed E-state index contributed by atoms with van der Waals surface area (Å²) in [5.74, 6) is -1.71. The van der Waals surface area contributed by atoms with Gasteiger partial charge in [0.2, 0.25) is 0 Å². The van der Waals surface area contributed by atoms with Gasteiger partial charge in [0.15, 0.2) is 11.6 Å². The van der Waals surface area contributed by atoms with Crippen LogP contribution in [0.3, 0.4) is 0 Å². The maximum Gasteiger partial charge on any atom is 0.162 e. The molecule has 2 atom stereocenters. The molecule has 0 aliphatic carbocycles. The molecule has 1 N–H and O–H groups in total. The summed E-state index contributed by atoms with van der Waals surface area (Å²) in [7, 11) is 0. The minimum atomic E-state index is -0.880. The van der Waals surface area contributed by atoms with E-state index in [1.807, 2.05) is 0 Å². The Morgan fingerprint density at radius 1 is 1.20 bits per heavy atom. The number of hydrogen-bond donors (Lipinski definition) is 1. The van der Waals surface area contributed by atoms with Gasteiger partial charge in [-0.25, -0.2) is 8.78 Å². The molecule has 0 radical (unpaired) electrons. The van der Waals surface area contributed by atoms with Gasteiger partial charge in [-0.05, 0) is 37.3 Å². The summed E-state index contributed by atoms with van der Waals surface area (Å²) in [6, 6.07) is 4.89. The third kappa shape index (κ3) is 2.75. The number of benzene rings is 1. The van der Waals surface area contributed by atoms with Crippen LogP contribution in [0.2, 0.25) is 0 Å². The molecule has 20 heavy (non-hydrogen) atoms. The van der Waals surface area contributed by atoms with Gasteiger partial charge in [0.1, 0.15) is 5.78 Å².